The van der Waals surface area contributed by atoms with Crippen molar-refractivity contribution in [2.24, 2.45) is 0 Å². The van der Waals surface area contributed by atoms with E-state index in [-0.39, 0.29) is 12.0 Å². The number of ether oxygens (including phenoxy) is 2. The van der Waals surface area contributed by atoms with Crippen molar-refractivity contribution in [1.29, 1.82) is 0 Å². The predicted octanol–water partition coefficient (Wildman–Crippen LogP) is 3.22. The Labute approximate surface area is 124 Å². The maximum atomic E-state index is 10.7. The van der Waals surface area contributed by atoms with Crippen molar-refractivity contribution in [3.63, 3.8) is 0 Å². The zero-order valence-corrected chi connectivity index (χ0v) is 12.0. The number of hydrogen-bond acceptors (Lipinski definition) is 3. The molecule has 108 valence electrons. The normalized spacial score (nSPS) is 23.9. The zero-order valence-electron chi connectivity index (χ0n) is 12.0. The van der Waals surface area contributed by atoms with Gasteiger partial charge >= 0.3 is 0 Å². The average Bonchev–Trinajstić information content (AvgIpc) is 3.07. The molecule has 0 aliphatic carbocycles. The highest BCUT2D eigenvalue weighted by Gasteiger charge is 2.31. The second-order valence-electron chi connectivity index (χ2n) is 5.90. The number of rotatable bonds is 2. The first-order valence-corrected chi connectivity index (χ1v) is 7.41. The Balaban J connectivity index is 1.65. The van der Waals surface area contributed by atoms with Gasteiger partial charge in [0, 0.05) is 12.0 Å². The molecule has 2 aliphatic heterocycles. The van der Waals surface area contributed by atoms with Crippen LogP contribution in [0.15, 0.2) is 42.5 Å². The number of fused-ring (bicyclic) bond motifs is 2. The van der Waals surface area contributed by atoms with Crippen LogP contribution in [0.5, 0.6) is 11.5 Å². The van der Waals surface area contributed by atoms with E-state index in [4.69, 9.17) is 9.47 Å². The minimum absolute atomic E-state index is 0.000931. The molecule has 0 fully saturated rings. The minimum Gasteiger partial charge on any atom is -0.493 e. The molecule has 0 spiro atoms. The summed E-state index contributed by atoms with van der Waals surface area (Å²) in [5.41, 5.74) is 3.22. The summed E-state index contributed by atoms with van der Waals surface area (Å²) in [5, 5.41) is 10.7. The third-order valence-corrected chi connectivity index (χ3v) is 4.38. The van der Waals surface area contributed by atoms with Gasteiger partial charge in [0.05, 0.1) is 18.6 Å². The molecular formula is C18H18O3. The van der Waals surface area contributed by atoms with Crippen molar-refractivity contribution in [1.82, 2.24) is 0 Å². The quantitative estimate of drug-likeness (QED) is 0.919. The third kappa shape index (κ3) is 2.09. The van der Waals surface area contributed by atoms with Gasteiger partial charge in [-0.15, -0.1) is 0 Å². The Morgan fingerprint density at radius 1 is 1.14 bits per heavy atom. The molecule has 2 aromatic rings. The van der Waals surface area contributed by atoms with Gasteiger partial charge in [-0.25, -0.2) is 0 Å². The van der Waals surface area contributed by atoms with Crippen LogP contribution in [0.4, 0.5) is 0 Å². The lowest BCUT2D eigenvalue weighted by Gasteiger charge is -2.18. The number of para-hydroxylation sites is 1. The lowest BCUT2D eigenvalue weighted by Crippen LogP contribution is -2.12. The number of hydrogen-bond donors (Lipinski definition) is 1. The van der Waals surface area contributed by atoms with Gasteiger partial charge < -0.3 is 14.6 Å². The molecule has 0 aromatic heterocycles. The fourth-order valence-electron chi connectivity index (χ4n) is 3.31. The molecule has 0 bridgehead atoms. The molecule has 0 saturated carbocycles. The Bertz CT molecular complexity index is 680. The predicted molar refractivity (Wildman–Crippen MR) is 79.9 cm³/mol. The smallest absolute Gasteiger partial charge is 0.123 e. The second kappa shape index (κ2) is 4.78. The molecule has 3 unspecified atom stereocenters. The molecule has 2 aromatic carbocycles. The molecule has 3 atom stereocenters. The largest absolute Gasteiger partial charge is 0.493 e. The van der Waals surface area contributed by atoms with E-state index in [0.29, 0.717) is 6.61 Å². The standard InChI is InChI=1S/C18H18O3/c1-11-8-13-9-12(6-7-16(13)21-11)18(19)15-10-20-17-5-3-2-4-14(15)17/h2-7,9,11,15,18-19H,8,10H2,1H3. The maximum absolute atomic E-state index is 10.7. The molecule has 2 aliphatic rings. The number of aliphatic hydroxyl groups is 1. The number of aliphatic hydroxyl groups excluding tert-OH is 1. The maximum Gasteiger partial charge on any atom is 0.123 e. The fraction of sp³-hybridized carbons (Fsp3) is 0.333. The lowest BCUT2D eigenvalue weighted by atomic mass is 9.90. The Morgan fingerprint density at radius 2 is 2.00 bits per heavy atom. The Morgan fingerprint density at radius 3 is 2.90 bits per heavy atom. The summed E-state index contributed by atoms with van der Waals surface area (Å²) in [5.74, 6) is 1.83. The van der Waals surface area contributed by atoms with E-state index in [9.17, 15) is 5.11 Å². The average molecular weight is 282 g/mol. The van der Waals surface area contributed by atoms with E-state index in [1.165, 1.54) is 5.56 Å². The van der Waals surface area contributed by atoms with Crippen molar-refractivity contribution < 1.29 is 14.6 Å². The lowest BCUT2D eigenvalue weighted by molar-refractivity contribution is 0.130. The summed E-state index contributed by atoms with van der Waals surface area (Å²) >= 11 is 0. The number of benzene rings is 2. The van der Waals surface area contributed by atoms with Crippen LogP contribution in [-0.2, 0) is 6.42 Å². The van der Waals surface area contributed by atoms with Crippen LogP contribution in [0.25, 0.3) is 0 Å². The molecule has 2 heterocycles. The van der Waals surface area contributed by atoms with E-state index in [1.807, 2.05) is 36.4 Å². The molecule has 0 saturated heterocycles. The van der Waals surface area contributed by atoms with Gasteiger partial charge in [0.1, 0.15) is 17.6 Å². The van der Waals surface area contributed by atoms with Crippen LogP contribution in [0, 0.1) is 0 Å². The summed E-state index contributed by atoms with van der Waals surface area (Å²) in [6.45, 7) is 2.60. The van der Waals surface area contributed by atoms with Crippen LogP contribution in [0.1, 0.15) is 35.6 Å². The molecule has 4 rings (SSSR count). The summed E-state index contributed by atoms with van der Waals surface area (Å²) in [7, 11) is 0. The summed E-state index contributed by atoms with van der Waals surface area (Å²) in [6.07, 6.45) is 0.589. The van der Waals surface area contributed by atoms with E-state index in [0.717, 1.165) is 29.0 Å². The molecule has 0 amide bonds. The topological polar surface area (TPSA) is 38.7 Å². The highest BCUT2D eigenvalue weighted by Crippen LogP contribution is 2.42. The molecule has 21 heavy (non-hydrogen) atoms. The van der Waals surface area contributed by atoms with Crippen molar-refractivity contribution in [3.05, 3.63) is 59.2 Å². The third-order valence-electron chi connectivity index (χ3n) is 4.38. The van der Waals surface area contributed by atoms with E-state index < -0.39 is 6.10 Å². The summed E-state index contributed by atoms with van der Waals surface area (Å²) in [6, 6.07) is 14.0. The van der Waals surface area contributed by atoms with Gasteiger partial charge in [-0.2, -0.15) is 0 Å². The van der Waals surface area contributed by atoms with Crippen molar-refractivity contribution >= 4 is 0 Å². The molecule has 0 radical (unpaired) electrons. The molecule has 3 nitrogen and oxygen atoms in total. The van der Waals surface area contributed by atoms with Crippen LogP contribution in [-0.4, -0.2) is 17.8 Å². The van der Waals surface area contributed by atoms with Crippen LogP contribution >= 0.6 is 0 Å². The summed E-state index contributed by atoms with van der Waals surface area (Å²) < 4.78 is 11.4. The monoisotopic (exact) mass is 282 g/mol. The highest BCUT2D eigenvalue weighted by molar-refractivity contribution is 5.45. The van der Waals surface area contributed by atoms with Gasteiger partial charge in [0.15, 0.2) is 0 Å². The SMILES string of the molecule is CC1Cc2cc(C(O)C3COc4ccccc43)ccc2O1. The molecular weight excluding hydrogens is 264 g/mol. The van der Waals surface area contributed by atoms with Gasteiger partial charge in [-0.3, -0.25) is 0 Å². The van der Waals surface area contributed by atoms with Crippen LogP contribution in [0.3, 0.4) is 0 Å². The van der Waals surface area contributed by atoms with E-state index >= 15 is 0 Å². The highest BCUT2D eigenvalue weighted by atomic mass is 16.5. The molecule has 3 heteroatoms. The summed E-state index contributed by atoms with van der Waals surface area (Å²) in [4.78, 5) is 0. The second-order valence-corrected chi connectivity index (χ2v) is 5.90. The van der Waals surface area contributed by atoms with Gasteiger partial charge in [0.2, 0.25) is 0 Å². The van der Waals surface area contributed by atoms with Crippen LogP contribution < -0.4 is 9.47 Å². The van der Waals surface area contributed by atoms with Gasteiger partial charge in [-0.05, 0) is 36.2 Å². The van der Waals surface area contributed by atoms with Gasteiger partial charge in [0.25, 0.3) is 0 Å². The van der Waals surface area contributed by atoms with Crippen LogP contribution in [0.2, 0.25) is 0 Å². The van der Waals surface area contributed by atoms with Crippen molar-refractivity contribution in [3.8, 4) is 11.5 Å². The zero-order chi connectivity index (χ0) is 14.4. The minimum atomic E-state index is -0.546. The Hall–Kier alpha value is -2.00. The first-order valence-electron chi connectivity index (χ1n) is 7.41. The Kier molecular flexibility index (Phi) is 2.89. The van der Waals surface area contributed by atoms with Crippen molar-refractivity contribution in [2.45, 2.75) is 31.5 Å². The fourth-order valence-corrected chi connectivity index (χ4v) is 3.31. The molecule has 1 N–H and O–H groups in total. The van der Waals surface area contributed by atoms with E-state index in [1.54, 1.807) is 0 Å². The van der Waals surface area contributed by atoms with Crippen molar-refractivity contribution in [2.75, 3.05) is 6.61 Å². The first kappa shape index (κ1) is 12.7. The first-order chi connectivity index (χ1) is 10.2. The van der Waals surface area contributed by atoms with E-state index in [2.05, 4.69) is 13.0 Å². The van der Waals surface area contributed by atoms with Gasteiger partial charge in [-0.1, -0.05) is 24.3 Å².